The smallest absolute Gasteiger partial charge is 0.108 e. The molecular formula is C19H24N4. The molecule has 2 aromatic carbocycles. The molecule has 1 aliphatic rings. The highest BCUT2D eigenvalue weighted by molar-refractivity contribution is 5.75. The monoisotopic (exact) mass is 308 g/mol. The highest BCUT2D eigenvalue weighted by Crippen LogP contribution is 2.35. The van der Waals surface area contributed by atoms with E-state index in [1.807, 2.05) is 19.2 Å². The summed E-state index contributed by atoms with van der Waals surface area (Å²) in [7, 11) is 4.14. The van der Waals surface area contributed by atoms with Gasteiger partial charge in [0, 0.05) is 29.7 Å². The van der Waals surface area contributed by atoms with Crippen molar-refractivity contribution in [3.05, 3.63) is 64.9 Å². The number of aryl methyl sites for hydroxylation is 1. The third kappa shape index (κ3) is 2.96. The molecule has 4 N–H and O–H groups in total. The van der Waals surface area contributed by atoms with E-state index in [0.29, 0.717) is 0 Å². The largest absolute Gasteiger partial charge is 0.398 e. The van der Waals surface area contributed by atoms with E-state index >= 15 is 0 Å². The Balaban J connectivity index is 1.90. The van der Waals surface area contributed by atoms with Crippen molar-refractivity contribution in [3.8, 4) is 0 Å². The van der Waals surface area contributed by atoms with E-state index in [0.717, 1.165) is 34.6 Å². The molecule has 120 valence electrons. The zero-order valence-corrected chi connectivity index (χ0v) is 14.0. The fraction of sp³-hybridized carbons (Fsp3) is 0.263. The summed E-state index contributed by atoms with van der Waals surface area (Å²) in [4.78, 5) is 4.24. The van der Waals surface area contributed by atoms with Crippen LogP contribution in [0, 0.1) is 6.92 Å². The van der Waals surface area contributed by atoms with E-state index in [9.17, 15) is 0 Å². The summed E-state index contributed by atoms with van der Waals surface area (Å²) in [6.07, 6.45) is 3.84. The van der Waals surface area contributed by atoms with Crippen molar-refractivity contribution >= 4 is 17.5 Å². The Morgan fingerprint density at radius 3 is 2.43 bits per heavy atom. The zero-order chi connectivity index (χ0) is 16.6. The second-order valence-corrected chi connectivity index (χ2v) is 6.37. The number of anilines is 2. The number of nitrogens with two attached hydrogens (primary N) is 2. The Kier molecular flexibility index (Phi) is 4.11. The first kappa shape index (κ1) is 15.6. The van der Waals surface area contributed by atoms with E-state index in [4.69, 9.17) is 11.5 Å². The van der Waals surface area contributed by atoms with E-state index in [1.54, 1.807) is 0 Å². The highest BCUT2D eigenvalue weighted by atomic mass is 15.2. The number of fused-ring (bicyclic) bond motifs is 1. The Hall–Kier alpha value is -2.30. The van der Waals surface area contributed by atoms with Crippen molar-refractivity contribution in [1.29, 1.82) is 0 Å². The fourth-order valence-electron chi connectivity index (χ4n) is 2.99. The number of rotatable bonds is 3. The average molecular weight is 308 g/mol. The van der Waals surface area contributed by atoms with Crippen LogP contribution >= 0.6 is 0 Å². The Morgan fingerprint density at radius 2 is 1.78 bits per heavy atom. The molecular weight excluding hydrogens is 284 g/mol. The first-order chi connectivity index (χ1) is 11.0. The molecule has 0 radical (unpaired) electrons. The quantitative estimate of drug-likeness (QED) is 0.856. The van der Waals surface area contributed by atoms with E-state index in [2.05, 4.69) is 60.3 Å². The van der Waals surface area contributed by atoms with Crippen LogP contribution in [0.3, 0.4) is 0 Å². The fourth-order valence-corrected chi connectivity index (χ4v) is 2.99. The van der Waals surface area contributed by atoms with E-state index < -0.39 is 0 Å². The lowest BCUT2D eigenvalue weighted by molar-refractivity contribution is 0.402. The van der Waals surface area contributed by atoms with Gasteiger partial charge in [-0.2, -0.15) is 0 Å². The van der Waals surface area contributed by atoms with Crippen LogP contribution in [0.2, 0.25) is 0 Å². The number of benzene rings is 2. The van der Waals surface area contributed by atoms with Crippen LogP contribution in [-0.2, 0) is 6.54 Å². The van der Waals surface area contributed by atoms with Crippen molar-refractivity contribution in [3.63, 3.8) is 0 Å². The molecule has 0 aromatic heterocycles. The SMILES string of the molecule is Cc1ccc2c(c1N)C=CN(c1ccc(CN(C)C)cc1)C2N. The zero-order valence-electron chi connectivity index (χ0n) is 14.0. The van der Waals surface area contributed by atoms with Crippen LogP contribution in [0.1, 0.15) is 28.4 Å². The number of nitrogens with zero attached hydrogens (tertiary/aromatic N) is 2. The van der Waals surface area contributed by atoms with Gasteiger partial charge in [0.05, 0.1) is 0 Å². The third-order valence-electron chi connectivity index (χ3n) is 4.29. The molecule has 0 amide bonds. The van der Waals surface area contributed by atoms with Gasteiger partial charge in [0.2, 0.25) is 0 Å². The third-order valence-corrected chi connectivity index (χ3v) is 4.29. The molecule has 23 heavy (non-hydrogen) atoms. The predicted molar refractivity (Wildman–Crippen MR) is 97.9 cm³/mol. The van der Waals surface area contributed by atoms with Gasteiger partial charge in [0.1, 0.15) is 6.17 Å². The van der Waals surface area contributed by atoms with Gasteiger partial charge in [-0.15, -0.1) is 0 Å². The molecule has 0 aliphatic carbocycles. The summed E-state index contributed by atoms with van der Waals surface area (Å²) in [6, 6.07) is 12.6. The molecule has 0 fully saturated rings. The molecule has 0 saturated carbocycles. The van der Waals surface area contributed by atoms with Gasteiger partial charge in [-0.3, -0.25) is 0 Å². The molecule has 2 aromatic rings. The van der Waals surface area contributed by atoms with Crippen LogP contribution in [0.5, 0.6) is 0 Å². The summed E-state index contributed by atoms with van der Waals surface area (Å²) in [5, 5.41) is 0. The standard InChI is InChI=1S/C19H24N4/c1-13-4-9-17-16(18(13)20)10-11-23(19(17)21)15-7-5-14(6-8-15)12-22(2)3/h4-11,19H,12,20-21H2,1-3H3. The van der Waals surface area contributed by atoms with E-state index in [1.165, 1.54) is 5.56 Å². The second-order valence-electron chi connectivity index (χ2n) is 6.37. The minimum atomic E-state index is -0.224. The topological polar surface area (TPSA) is 58.5 Å². The molecule has 1 atom stereocenters. The summed E-state index contributed by atoms with van der Waals surface area (Å²) < 4.78 is 0. The van der Waals surface area contributed by atoms with Gasteiger partial charge in [-0.25, -0.2) is 0 Å². The van der Waals surface area contributed by atoms with Crippen molar-refractivity contribution in [1.82, 2.24) is 4.90 Å². The molecule has 1 aliphatic heterocycles. The van der Waals surface area contributed by atoms with Gasteiger partial charge >= 0.3 is 0 Å². The molecule has 3 rings (SSSR count). The molecule has 0 saturated heterocycles. The number of hydrogen-bond acceptors (Lipinski definition) is 4. The Morgan fingerprint density at radius 1 is 1.09 bits per heavy atom. The summed E-state index contributed by atoms with van der Waals surface area (Å²) in [5.74, 6) is 0. The molecule has 1 unspecified atom stereocenters. The average Bonchev–Trinajstić information content (AvgIpc) is 2.52. The molecule has 0 bridgehead atoms. The highest BCUT2D eigenvalue weighted by Gasteiger charge is 2.22. The summed E-state index contributed by atoms with van der Waals surface area (Å²) >= 11 is 0. The summed E-state index contributed by atoms with van der Waals surface area (Å²) in [6.45, 7) is 2.95. The van der Waals surface area contributed by atoms with Crippen molar-refractivity contribution in [2.24, 2.45) is 5.73 Å². The second kappa shape index (κ2) is 6.07. The normalized spacial score (nSPS) is 16.7. The maximum Gasteiger partial charge on any atom is 0.108 e. The van der Waals surface area contributed by atoms with Crippen LogP contribution in [0.4, 0.5) is 11.4 Å². The van der Waals surface area contributed by atoms with Crippen LogP contribution in [-0.4, -0.2) is 19.0 Å². The van der Waals surface area contributed by atoms with Gasteiger partial charge in [-0.1, -0.05) is 24.3 Å². The molecule has 4 nitrogen and oxygen atoms in total. The lowest BCUT2D eigenvalue weighted by atomic mass is 9.96. The minimum Gasteiger partial charge on any atom is -0.398 e. The number of hydrogen-bond donors (Lipinski definition) is 2. The van der Waals surface area contributed by atoms with Crippen LogP contribution in [0.25, 0.3) is 6.08 Å². The summed E-state index contributed by atoms with van der Waals surface area (Å²) in [5.41, 5.74) is 19.0. The Bertz CT molecular complexity index is 732. The first-order valence-electron chi connectivity index (χ1n) is 7.82. The molecule has 1 heterocycles. The predicted octanol–water partition coefficient (Wildman–Crippen LogP) is 3.09. The van der Waals surface area contributed by atoms with Gasteiger partial charge in [-0.05, 0) is 55.9 Å². The maximum absolute atomic E-state index is 6.47. The van der Waals surface area contributed by atoms with E-state index in [-0.39, 0.29) is 6.17 Å². The first-order valence-corrected chi connectivity index (χ1v) is 7.82. The lowest BCUT2D eigenvalue weighted by Crippen LogP contribution is -2.33. The van der Waals surface area contributed by atoms with Gasteiger partial charge in [0.25, 0.3) is 0 Å². The van der Waals surface area contributed by atoms with Gasteiger partial charge < -0.3 is 21.3 Å². The van der Waals surface area contributed by atoms with Crippen molar-refractivity contribution in [2.45, 2.75) is 19.6 Å². The van der Waals surface area contributed by atoms with Crippen LogP contribution in [0.15, 0.2) is 42.6 Å². The van der Waals surface area contributed by atoms with Crippen LogP contribution < -0.4 is 16.4 Å². The van der Waals surface area contributed by atoms with Crippen molar-refractivity contribution in [2.75, 3.05) is 24.7 Å². The number of nitrogen functional groups attached to an aromatic ring is 1. The van der Waals surface area contributed by atoms with Crippen molar-refractivity contribution < 1.29 is 0 Å². The van der Waals surface area contributed by atoms with Gasteiger partial charge in [0.15, 0.2) is 0 Å². The molecule has 0 spiro atoms. The minimum absolute atomic E-state index is 0.224. The lowest BCUT2D eigenvalue weighted by Gasteiger charge is -2.33. The Labute approximate surface area is 138 Å². The molecule has 4 heteroatoms. The maximum atomic E-state index is 6.47.